The van der Waals surface area contributed by atoms with Gasteiger partial charge in [-0.15, -0.1) is 0 Å². The Morgan fingerprint density at radius 3 is 2.07 bits per heavy atom. The zero-order valence-electron chi connectivity index (χ0n) is 21.8. The van der Waals surface area contributed by atoms with Crippen molar-refractivity contribution in [1.29, 1.82) is 0 Å². The number of carboxylic acids is 1. The third-order valence-electron chi connectivity index (χ3n) is 6.08. The van der Waals surface area contributed by atoms with Crippen molar-refractivity contribution in [3.05, 3.63) is 94.5 Å². The highest BCUT2D eigenvalue weighted by Gasteiger charge is 2.38. The van der Waals surface area contributed by atoms with Crippen LogP contribution in [0.25, 0.3) is 0 Å². The van der Waals surface area contributed by atoms with Crippen LogP contribution in [0.3, 0.4) is 0 Å². The van der Waals surface area contributed by atoms with Gasteiger partial charge in [-0.25, -0.2) is 4.79 Å². The summed E-state index contributed by atoms with van der Waals surface area (Å²) in [6, 6.07) is 18.2. The standard InChI is InChI=1S/C27H26N2O5.C2HF3O2/c1-28-23(16-17-10-12-18(30)13-11-17)27(33)34-15-5-14-29-22-9-4-8-21-24(22)26(32)20-7-3-2-6-19(20)25(21)31;3-2(4,5)1(6)7/h2-4,6-13,23,28-30H,5,14-16H2,1H3;(H,6,7)/t23-;/m0./s1. The van der Waals surface area contributed by atoms with Gasteiger partial charge in [0.25, 0.3) is 0 Å². The third-order valence-corrected chi connectivity index (χ3v) is 6.08. The summed E-state index contributed by atoms with van der Waals surface area (Å²) >= 11 is 0. The number of anilines is 1. The molecule has 0 unspecified atom stereocenters. The SMILES string of the molecule is CN[C@@H](Cc1ccc(O)cc1)C(=O)OCCCNc1cccc2c1C(=O)c1ccccc1C2=O.O=C(O)C(F)(F)F. The molecule has 4 N–H and O–H groups in total. The molecule has 3 aromatic carbocycles. The van der Waals surface area contributed by atoms with E-state index in [1.54, 1.807) is 73.8 Å². The number of hydrogen-bond donors (Lipinski definition) is 4. The maximum absolute atomic E-state index is 13.0. The number of carboxylic acid groups (broad SMARTS) is 1. The molecule has 9 nitrogen and oxygen atoms in total. The van der Waals surface area contributed by atoms with Crippen LogP contribution in [-0.4, -0.2) is 66.1 Å². The summed E-state index contributed by atoms with van der Waals surface area (Å²) in [5, 5.41) is 22.7. The second-order valence-electron chi connectivity index (χ2n) is 8.89. The zero-order chi connectivity index (χ0) is 30.2. The first-order chi connectivity index (χ1) is 19.4. The summed E-state index contributed by atoms with van der Waals surface area (Å²) in [6.07, 6.45) is -4.11. The van der Waals surface area contributed by atoms with Crippen LogP contribution in [0.15, 0.2) is 66.7 Å². The number of carbonyl (C=O) groups excluding carboxylic acids is 3. The quantitative estimate of drug-likeness (QED) is 0.173. The number of aromatic hydroxyl groups is 1. The fourth-order valence-corrected chi connectivity index (χ4v) is 4.03. The summed E-state index contributed by atoms with van der Waals surface area (Å²) in [6.45, 7) is 0.680. The molecule has 1 aliphatic rings. The number of esters is 1. The van der Waals surface area contributed by atoms with Gasteiger partial charge in [0.1, 0.15) is 11.8 Å². The number of alkyl halides is 3. The highest BCUT2D eigenvalue weighted by Crippen LogP contribution is 2.31. The number of phenols is 1. The monoisotopic (exact) mass is 572 g/mol. The van der Waals surface area contributed by atoms with Gasteiger partial charge in [0.2, 0.25) is 0 Å². The molecule has 0 aromatic heterocycles. The van der Waals surface area contributed by atoms with Gasteiger partial charge < -0.3 is 25.6 Å². The van der Waals surface area contributed by atoms with Crippen molar-refractivity contribution in [2.45, 2.75) is 25.1 Å². The van der Waals surface area contributed by atoms with Gasteiger partial charge in [-0.05, 0) is 43.7 Å². The fraction of sp³-hybridized carbons (Fsp3) is 0.241. The van der Waals surface area contributed by atoms with Crippen LogP contribution in [0, 0.1) is 0 Å². The molecule has 12 heteroatoms. The summed E-state index contributed by atoms with van der Waals surface area (Å²) in [5.74, 6) is -3.27. The van der Waals surface area contributed by atoms with E-state index in [0.29, 0.717) is 47.3 Å². The molecule has 1 atom stereocenters. The normalized spacial score (nSPS) is 12.8. The van der Waals surface area contributed by atoms with Gasteiger partial charge >= 0.3 is 18.1 Å². The molecule has 0 amide bonds. The van der Waals surface area contributed by atoms with Crippen LogP contribution >= 0.6 is 0 Å². The van der Waals surface area contributed by atoms with Gasteiger partial charge in [-0.3, -0.25) is 14.4 Å². The van der Waals surface area contributed by atoms with Crippen LogP contribution in [0.1, 0.15) is 43.8 Å². The van der Waals surface area contributed by atoms with Crippen LogP contribution in [0.5, 0.6) is 5.75 Å². The van der Waals surface area contributed by atoms with Crippen molar-refractivity contribution in [1.82, 2.24) is 5.32 Å². The summed E-state index contributed by atoms with van der Waals surface area (Å²) in [5.41, 5.74) is 3.12. The van der Waals surface area contributed by atoms with Crippen molar-refractivity contribution in [3.63, 3.8) is 0 Å². The summed E-state index contributed by atoms with van der Waals surface area (Å²) < 4.78 is 37.2. The first kappa shape index (κ1) is 30.8. The lowest BCUT2D eigenvalue weighted by molar-refractivity contribution is -0.192. The number of carbonyl (C=O) groups is 4. The lowest BCUT2D eigenvalue weighted by Crippen LogP contribution is -2.37. The molecule has 0 aliphatic heterocycles. The Balaban J connectivity index is 0.000000587. The number of ether oxygens (including phenoxy) is 1. The van der Waals surface area contributed by atoms with E-state index in [9.17, 15) is 32.7 Å². The Hall–Kier alpha value is -4.71. The third kappa shape index (κ3) is 7.92. The van der Waals surface area contributed by atoms with Crippen LogP contribution < -0.4 is 10.6 Å². The molecule has 0 bridgehead atoms. The largest absolute Gasteiger partial charge is 0.508 e. The molecule has 0 saturated carbocycles. The second kappa shape index (κ2) is 13.6. The first-order valence-electron chi connectivity index (χ1n) is 12.4. The minimum Gasteiger partial charge on any atom is -0.508 e. The number of phenolic OH excluding ortho intramolecular Hbond substituents is 1. The molecule has 0 heterocycles. The van der Waals surface area contributed by atoms with Crippen molar-refractivity contribution >= 4 is 29.2 Å². The number of hydrogen-bond acceptors (Lipinski definition) is 8. The Bertz CT molecular complexity index is 1420. The van der Waals surface area contributed by atoms with Gasteiger partial charge in [-0.1, -0.05) is 48.5 Å². The number of halogens is 3. The van der Waals surface area contributed by atoms with E-state index in [2.05, 4.69) is 10.6 Å². The van der Waals surface area contributed by atoms with E-state index in [1.165, 1.54) is 0 Å². The topological polar surface area (TPSA) is 142 Å². The molecule has 216 valence electrons. The molecule has 4 rings (SSSR count). The smallest absolute Gasteiger partial charge is 0.490 e. The Labute approximate surface area is 233 Å². The van der Waals surface area contributed by atoms with Gasteiger partial charge in [0.15, 0.2) is 11.6 Å². The average Bonchev–Trinajstić information content (AvgIpc) is 2.95. The van der Waals surface area contributed by atoms with E-state index < -0.39 is 18.2 Å². The molecule has 1 aliphatic carbocycles. The molecule has 41 heavy (non-hydrogen) atoms. The van der Waals surface area contributed by atoms with Crippen molar-refractivity contribution in [3.8, 4) is 5.75 Å². The Kier molecular flexibility index (Phi) is 10.2. The predicted molar refractivity (Wildman–Crippen MR) is 142 cm³/mol. The number of ketones is 2. The highest BCUT2D eigenvalue weighted by atomic mass is 19.4. The number of fused-ring (bicyclic) bond motifs is 2. The Morgan fingerprint density at radius 1 is 0.902 bits per heavy atom. The highest BCUT2D eigenvalue weighted by molar-refractivity contribution is 6.30. The minimum absolute atomic E-state index is 0.158. The van der Waals surface area contributed by atoms with E-state index >= 15 is 0 Å². The molecule has 3 aromatic rings. The summed E-state index contributed by atoms with van der Waals surface area (Å²) in [4.78, 5) is 47.2. The number of aliphatic carboxylic acids is 1. The molecule has 0 fully saturated rings. The lowest BCUT2D eigenvalue weighted by Gasteiger charge is -2.20. The second-order valence-corrected chi connectivity index (χ2v) is 8.89. The van der Waals surface area contributed by atoms with E-state index in [1.807, 2.05) is 0 Å². The van der Waals surface area contributed by atoms with Gasteiger partial charge in [0, 0.05) is 28.9 Å². The number of rotatable bonds is 9. The molecule has 0 saturated heterocycles. The van der Waals surface area contributed by atoms with Crippen LogP contribution in [-0.2, 0) is 20.7 Å². The van der Waals surface area contributed by atoms with Crippen molar-refractivity contribution in [2.24, 2.45) is 0 Å². The molecule has 0 radical (unpaired) electrons. The van der Waals surface area contributed by atoms with Crippen LogP contribution in [0.2, 0.25) is 0 Å². The van der Waals surface area contributed by atoms with Gasteiger partial charge in [-0.2, -0.15) is 13.2 Å². The zero-order valence-corrected chi connectivity index (χ0v) is 21.8. The number of benzene rings is 3. The van der Waals surface area contributed by atoms with E-state index in [4.69, 9.17) is 14.6 Å². The number of likely N-dealkylation sites (N-methyl/N-ethyl adjacent to an activating group) is 1. The first-order valence-corrected chi connectivity index (χ1v) is 12.4. The average molecular weight is 573 g/mol. The van der Waals surface area contributed by atoms with E-state index in [-0.39, 0.29) is 29.9 Å². The molecule has 0 spiro atoms. The van der Waals surface area contributed by atoms with Crippen molar-refractivity contribution < 1.29 is 47.3 Å². The maximum Gasteiger partial charge on any atom is 0.490 e. The predicted octanol–water partition coefficient (Wildman–Crippen LogP) is 3.98. The van der Waals surface area contributed by atoms with Crippen LogP contribution in [0.4, 0.5) is 18.9 Å². The van der Waals surface area contributed by atoms with Crippen molar-refractivity contribution in [2.75, 3.05) is 25.5 Å². The van der Waals surface area contributed by atoms with E-state index in [0.717, 1.165) is 5.56 Å². The maximum atomic E-state index is 13.0. The van der Waals surface area contributed by atoms with Gasteiger partial charge in [0.05, 0.1) is 12.2 Å². The minimum atomic E-state index is -5.08. The fourth-order valence-electron chi connectivity index (χ4n) is 4.03. The molecular formula is C29H27F3N2O7. The lowest BCUT2D eigenvalue weighted by atomic mass is 9.83. The Morgan fingerprint density at radius 2 is 1.49 bits per heavy atom. The molecular weight excluding hydrogens is 545 g/mol. The summed E-state index contributed by atoms with van der Waals surface area (Å²) in [7, 11) is 1.70. The number of nitrogens with one attached hydrogen (secondary N) is 2.